The molecule has 1 aromatic heterocycles. The van der Waals surface area contributed by atoms with Gasteiger partial charge in [-0.1, -0.05) is 12.1 Å². The zero-order valence-electron chi connectivity index (χ0n) is 18.8. The molecule has 0 aliphatic heterocycles. The van der Waals surface area contributed by atoms with Gasteiger partial charge in [0.05, 0.1) is 11.9 Å². The van der Waals surface area contributed by atoms with E-state index >= 15 is 0 Å². The van der Waals surface area contributed by atoms with Crippen LogP contribution in [-0.2, 0) is 27.8 Å². The predicted molar refractivity (Wildman–Crippen MR) is 126 cm³/mol. The molecule has 2 aliphatic rings. The maximum absolute atomic E-state index is 12.7. The van der Waals surface area contributed by atoms with E-state index in [9.17, 15) is 18.0 Å². The number of amides is 1. The molecule has 0 bridgehead atoms. The number of nitrogens with one attached hydrogen (secondary N) is 2. The lowest BCUT2D eigenvalue weighted by Gasteiger charge is -2.20. The van der Waals surface area contributed by atoms with E-state index in [-0.39, 0.29) is 5.91 Å². The van der Waals surface area contributed by atoms with Crippen LogP contribution in [0.2, 0.25) is 0 Å². The number of unbranched alkanes of at least 4 members (excludes halogenated alkanes) is 1. The number of rotatable bonds is 10. The highest BCUT2D eigenvalue weighted by molar-refractivity contribution is 7.86. The number of anilines is 1. The van der Waals surface area contributed by atoms with Crippen LogP contribution < -0.4 is 20.5 Å². The number of hydrogen-bond acceptors (Lipinski definition) is 7. The van der Waals surface area contributed by atoms with E-state index in [0.717, 1.165) is 44.0 Å². The zero-order chi connectivity index (χ0) is 23.4. The molecule has 9 nitrogen and oxygen atoms in total. The molecular weight excluding hydrogens is 444 g/mol. The first-order chi connectivity index (χ1) is 15.8. The summed E-state index contributed by atoms with van der Waals surface area (Å²) in [6, 6.07) is 7.89. The van der Waals surface area contributed by atoms with E-state index < -0.39 is 15.7 Å². The lowest BCUT2D eigenvalue weighted by Crippen LogP contribution is -2.36. The van der Waals surface area contributed by atoms with E-state index in [1.165, 1.54) is 12.8 Å². The average Bonchev–Trinajstić information content (AvgIpc) is 3.59. The topological polar surface area (TPSA) is 119 Å². The number of fused-ring (bicyclic) bond motifs is 1. The van der Waals surface area contributed by atoms with E-state index in [0.29, 0.717) is 52.7 Å². The Bertz CT molecular complexity index is 1190. The molecule has 2 aliphatic carbocycles. The van der Waals surface area contributed by atoms with Gasteiger partial charge in [0.1, 0.15) is 0 Å². The van der Waals surface area contributed by atoms with Crippen molar-refractivity contribution in [1.82, 2.24) is 15.3 Å². The standard InChI is InChI=1S/C23H30N4O5S/c1-33(30,31)32-27-23(29)20-10-3-2-9-19(20)22(26-27)16-7-6-8-18(15-16)25-21(28)11-4-5-14-24-17-12-13-17/h6-8,15,17,24H,2-5,9-14H2,1H3,(H,25,28). The van der Waals surface area contributed by atoms with Crippen LogP contribution in [0.4, 0.5) is 5.69 Å². The maximum atomic E-state index is 12.7. The number of carbonyl (C=O) groups excluding carboxylic acids is 1. The van der Waals surface area contributed by atoms with Gasteiger partial charge in [-0.25, -0.2) is 0 Å². The Morgan fingerprint density at radius 3 is 2.67 bits per heavy atom. The summed E-state index contributed by atoms with van der Waals surface area (Å²) < 4.78 is 28.1. The van der Waals surface area contributed by atoms with Crippen molar-refractivity contribution >= 4 is 21.7 Å². The minimum Gasteiger partial charge on any atom is -0.326 e. The van der Waals surface area contributed by atoms with Crippen LogP contribution in [0.25, 0.3) is 11.3 Å². The molecular formula is C23H30N4O5S. The van der Waals surface area contributed by atoms with Crippen LogP contribution in [0.5, 0.6) is 0 Å². The number of aromatic nitrogens is 2. The van der Waals surface area contributed by atoms with Crippen LogP contribution in [-0.4, -0.2) is 43.1 Å². The molecule has 2 aromatic rings. The van der Waals surface area contributed by atoms with E-state index in [1.807, 2.05) is 6.07 Å². The Kier molecular flexibility index (Phi) is 7.14. The summed E-state index contributed by atoms with van der Waals surface area (Å²) in [5, 5.41) is 10.6. The molecule has 1 fully saturated rings. The fraction of sp³-hybridized carbons (Fsp3) is 0.522. The number of hydrogen-bond donors (Lipinski definition) is 2. The van der Waals surface area contributed by atoms with Gasteiger partial charge < -0.3 is 10.6 Å². The summed E-state index contributed by atoms with van der Waals surface area (Å²) in [6.07, 6.45) is 8.59. The first-order valence-corrected chi connectivity index (χ1v) is 13.3. The fourth-order valence-electron chi connectivity index (χ4n) is 4.10. The lowest BCUT2D eigenvalue weighted by molar-refractivity contribution is -0.116. The number of benzene rings is 1. The smallest absolute Gasteiger partial charge is 0.325 e. The summed E-state index contributed by atoms with van der Waals surface area (Å²) in [7, 11) is -3.92. The Hall–Kier alpha value is -2.72. The van der Waals surface area contributed by atoms with Crippen LogP contribution in [0, 0.1) is 0 Å². The second kappa shape index (κ2) is 10.0. The third kappa shape index (κ3) is 6.42. The molecule has 0 spiro atoms. The Balaban J connectivity index is 1.51. The fourth-order valence-corrected chi connectivity index (χ4v) is 4.45. The van der Waals surface area contributed by atoms with Gasteiger partial charge >= 0.3 is 15.7 Å². The quantitative estimate of drug-likeness (QED) is 0.506. The highest BCUT2D eigenvalue weighted by Crippen LogP contribution is 2.29. The van der Waals surface area contributed by atoms with Crippen molar-refractivity contribution in [2.45, 2.75) is 63.8 Å². The van der Waals surface area contributed by atoms with Crippen molar-refractivity contribution in [2.75, 3.05) is 18.1 Å². The van der Waals surface area contributed by atoms with Crippen molar-refractivity contribution < 1.29 is 17.5 Å². The molecule has 2 N–H and O–H groups in total. The third-order valence-electron chi connectivity index (χ3n) is 5.84. The molecule has 4 rings (SSSR count). The maximum Gasteiger partial charge on any atom is 0.325 e. The third-order valence-corrected chi connectivity index (χ3v) is 6.26. The largest absolute Gasteiger partial charge is 0.326 e. The van der Waals surface area contributed by atoms with Gasteiger partial charge in [-0.2, -0.15) is 8.42 Å². The molecule has 0 saturated heterocycles. The molecule has 0 atom stereocenters. The number of carbonyl (C=O) groups is 1. The normalized spacial score (nSPS) is 15.7. The first-order valence-electron chi connectivity index (χ1n) is 11.5. The van der Waals surface area contributed by atoms with Crippen LogP contribution >= 0.6 is 0 Å². The lowest BCUT2D eigenvalue weighted by atomic mass is 9.90. The van der Waals surface area contributed by atoms with Crippen LogP contribution in [0.15, 0.2) is 29.1 Å². The molecule has 1 aromatic carbocycles. The second-order valence-corrected chi connectivity index (χ2v) is 10.3. The molecule has 10 heteroatoms. The van der Waals surface area contributed by atoms with Crippen LogP contribution in [0.1, 0.15) is 56.1 Å². The monoisotopic (exact) mass is 474 g/mol. The van der Waals surface area contributed by atoms with Gasteiger partial charge in [0, 0.05) is 29.3 Å². The van der Waals surface area contributed by atoms with Gasteiger partial charge in [-0.05, 0) is 80.5 Å². The number of nitrogens with zero attached hydrogens (tertiary/aromatic N) is 2. The van der Waals surface area contributed by atoms with Gasteiger partial charge in [-0.15, -0.1) is 5.10 Å². The molecule has 178 valence electrons. The molecule has 1 heterocycles. The van der Waals surface area contributed by atoms with Gasteiger partial charge in [0.2, 0.25) is 5.91 Å². The van der Waals surface area contributed by atoms with Crippen molar-refractivity contribution in [2.24, 2.45) is 0 Å². The molecule has 1 saturated carbocycles. The minimum absolute atomic E-state index is 0.0565. The second-order valence-electron chi connectivity index (χ2n) is 8.78. The summed E-state index contributed by atoms with van der Waals surface area (Å²) in [5.41, 5.74) is 2.61. The van der Waals surface area contributed by atoms with Crippen molar-refractivity contribution in [3.05, 3.63) is 45.7 Å². The zero-order valence-corrected chi connectivity index (χ0v) is 19.6. The molecule has 0 unspecified atom stereocenters. The Labute approximate surface area is 193 Å². The van der Waals surface area contributed by atoms with E-state index in [4.69, 9.17) is 4.28 Å². The summed E-state index contributed by atoms with van der Waals surface area (Å²) in [6.45, 7) is 0.940. The molecule has 33 heavy (non-hydrogen) atoms. The van der Waals surface area contributed by atoms with Crippen molar-refractivity contribution in [3.63, 3.8) is 0 Å². The summed E-state index contributed by atoms with van der Waals surface area (Å²) in [5.74, 6) is -0.0565. The summed E-state index contributed by atoms with van der Waals surface area (Å²) in [4.78, 5) is 25.7. The highest BCUT2D eigenvalue weighted by Gasteiger charge is 2.23. The Morgan fingerprint density at radius 1 is 1.18 bits per heavy atom. The van der Waals surface area contributed by atoms with E-state index in [1.54, 1.807) is 18.2 Å². The molecule has 1 amide bonds. The van der Waals surface area contributed by atoms with Gasteiger partial charge in [0.25, 0.3) is 0 Å². The molecule has 0 radical (unpaired) electrons. The van der Waals surface area contributed by atoms with Crippen LogP contribution in [0.3, 0.4) is 0 Å². The SMILES string of the molecule is CS(=O)(=O)On1nc(-c2cccc(NC(=O)CCCCNC3CC3)c2)c2c(c1=O)CCCC2. The predicted octanol–water partition coefficient (Wildman–Crippen LogP) is 2.04. The average molecular weight is 475 g/mol. The van der Waals surface area contributed by atoms with Crippen molar-refractivity contribution in [1.29, 1.82) is 0 Å². The van der Waals surface area contributed by atoms with E-state index in [2.05, 4.69) is 15.7 Å². The first kappa shape index (κ1) is 23.4. The summed E-state index contributed by atoms with van der Waals surface area (Å²) >= 11 is 0. The minimum atomic E-state index is -3.92. The van der Waals surface area contributed by atoms with Crippen molar-refractivity contribution in [3.8, 4) is 11.3 Å². The van der Waals surface area contributed by atoms with Gasteiger partial charge in [0.15, 0.2) is 0 Å². The van der Waals surface area contributed by atoms with Gasteiger partial charge in [-0.3, -0.25) is 13.9 Å². The Morgan fingerprint density at radius 2 is 1.94 bits per heavy atom. The highest BCUT2D eigenvalue weighted by atomic mass is 32.2.